The normalized spacial score (nSPS) is 11.9. The number of rotatable bonds is 5. The van der Waals surface area contributed by atoms with E-state index in [-0.39, 0.29) is 0 Å². The van der Waals surface area contributed by atoms with E-state index >= 15 is 0 Å². The molecule has 5 nitrogen and oxygen atoms in total. The van der Waals surface area contributed by atoms with Gasteiger partial charge < -0.3 is 4.42 Å². The Morgan fingerprint density at radius 1 is 0.386 bits per heavy atom. The van der Waals surface area contributed by atoms with Gasteiger partial charge in [-0.2, -0.15) is 9.97 Å². The molecule has 6 heteroatoms. The topological polar surface area (TPSA) is 56.7 Å². The first-order chi connectivity index (χ1) is 28.2. The molecule has 0 aliphatic carbocycles. The minimum atomic E-state index is 0.557. The first-order valence-corrected chi connectivity index (χ1v) is 19.8. The second kappa shape index (κ2) is 12.6. The molecule has 0 bridgehead atoms. The van der Waals surface area contributed by atoms with Crippen molar-refractivity contribution in [1.29, 1.82) is 0 Å². The summed E-state index contributed by atoms with van der Waals surface area (Å²) < 4.78 is 11.3. The summed E-state index contributed by atoms with van der Waals surface area (Å²) in [6, 6.07) is 63.8. The van der Waals surface area contributed by atoms with Crippen LogP contribution in [-0.2, 0) is 0 Å². The molecule has 0 N–H and O–H groups in total. The van der Waals surface area contributed by atoms with Crippen LogP contribution >= 0.6 is 11.3 Å². The zero-order chi connectivity index (χ0) is 37.5. The van der Waals surface area contributed by atoms with Crippen LogP contribution in [0.5, 0.6) is 0 Å². The number of benzene rings is 8. The van der Waals surface area contributed by atoms with E-state index in [1.807, 2.05) is 41.7 Å². The second-order valence-electron chi connectivity index (χ2n) is 14.4. The standard InChI is InChI=1S/C51H30N4OS/c1-4-13-31(14-5-1)34-24-26-42-39(27-34)40-30-47-41(37-19-10-11-22-46(37)57-47)29-43(40)55(42)51-53-49(33-17-8-3-9-18-33)52-50(54-51)35-23-25-38-45(28-35)56-44-21-12-20-36(48(38)44)32-15-6-2-7-16-32/h1-30H. The van der Waals surface area contributed by atoms with Crippen LogP contribution in [0, 0.1) is 0 Å². The van der Waals surface area contributed by atoms with E-state index in [1.54, 1.807) is 0 Å². The minimum Gasteiger partial charge on any atom is -0.456 e. The average Bonchev–Trinajstić information content (AvgIpc) is 3.95. The van der Waals surface area contributed by atoms with Crippen molar-refractivity contribution in [1.82, 2.24) is 19.5 Å². The molecule has 0 spiro atoms. The van der Waals surface area contributed by atoms with E-state index in [4.69, 9.17) is 19.4 Å². The summed E-state index contributed by atoms with van der Waals surface area (Å²) >= 11 is 1.83. The van der Waals surface area contributed by atoms with E-state index in [0.29, 0.717) is 17.6 Å². The van der Waals surface area contributed by atoms with Gasteiger partial charge in [0.05, 0.1) is 11.0 Å². The highest BCUT2D eigenvalue weighted by Crippen LogP contribution is 2.42. The fourth-order valence-corrected chi connectivity index (χ4v) is 9.52. The highest BCUT2D eigenvalue weighted by atomic mass is 32.1. The van der Waals surface area contributed by atoms with E-state index in [1.165, 1.54) is 25.7 Å². The van der Waals surface area contributed by atoms with Crippen LogP contribution in [0.15, 0.2) is 186 Å². The van der Waals surface area contributed by atoms with E-state index in [9.17, 15) is 0 Å². The van der Waals surface area contributed by atoms with Crippen LogP contribution in [0.3, 0.4) is 0 Å². The molecule has 0 aliphatic rings. The van der Waals surface area contributed by atoms with Gasteiger partial charge in [-0.1, -0.05) is 133 Å². The van der Waals surface area contributed by atoms with Crippen molar-refractivity contribution in [3.8, 4) is 51.0 Å². The summed E-state index contributed by atoms with van der Waals surface area (Å²) in [6.07, 6.45) is 0. The van der Waals surface area contributed by atoms with Crippen LogP contribution in [0.1, 0.15) is 0 Å². The van der Waals surface area contributed by atoms with Crippen molar-refractivity contribution in [3.05, 3.63) is 182 Å². The van der Waals surface area contributed by atoms with Gasteiger partial charge in [0, 0.05) is 52.8 Å². The third kappa shape index (κ3) is 5.12. The van der Waals surface area contributed by atoms with E-state index < -0.39 is 0 Å². The molecule has 4 aromatic heterocycles. The van der Waals surface area contributed by atoms with Gasteiger partial charge in [-0.15, -0.1) is 11.3 Å². The number of furan rings is 1. The Labute approximate surface area is 330 Å². The van der Waals surface area contributed by atoms with Gasteiger partial charge >= 0.3 is 0 Å². The zero-order valence-electron chi connectivity index (χ0n) is 30.4. The van der Waals surface area contributed by atoms with Gasteiger partial charge in [0.15, 0.2) is 11.6 Å². The Bertz CT molecular complexity index is 3510. The van der Waals surface area contributed by atoms with E-state index in [0.717, 1.165) is 71.6 Å². The summed E-state index contributed by atoms with van der Waals surface area (Å²) in [6.45, 7) is 0. The number of hydrogen-bond acceptors (Lipinski definition) is 5. The molecule has 0 unspecified atom stereocenters. The predicted octanol–water partition coefficient (Wildman–Crippen LogP) is 13.9. The average molecular weight is 747 g/mol. The largest absolute Gasteiger partial charge is 0.456 e. The molecule has 0 aliphatic heterocycles. The molecule has 266 valence electrons. The SMILES string of the molecule is c1ccc(-c2ccc3c(c2)c2cc4sc5ccccc5c4cc2n3-c2nc(-c3ccccc3)nc(-c3ccc4c(c3)oc3cccc(-c5ccccc5)c34)n2)cc1. The van der Waals surface area contributed by atoms with Crippen LogP contribution in [0.25, 0.3) is 115 Å². The highest BCUT2D eigenvalue weighted by molar-refractivity contribution is 7.25. The molecule has 12 rings (SSSR count). The molecular formula is C51H30N4OS. The number of fused-ring (bicyclic) bond motifs is 9. The van der Waals surface area contributed by atoms with Crippen LogP contribution in [0.4, 0.5) is 0 Å². The summed E-state index contributed by atoms with van der Waals surface area (Å²) in [7, 11) is 0. The molecule has 8 aromatic carbocycles. The predicted molar refractivity (Wildman–Crippen MR) is 236 cm³/mol. The van der Waals surface area contributed by atoms with Crippen molar-refractivity contribution in [2.24, 2.45) is 0 Å². The number of aromatic nitrogens is 4. The Balaban J connectivity index is 1.12. The Hall–Kier alpha value is -7.41. The summed E-state index contributed by atoms with van der Waals surface area (Å²) in [5.74, 6) is 1.73. The van der Waals surface area contributed by atoms with Crippen molar-refractivity contribution in [2.45, 2.75) is 0 Å². The maximum absolute atomic E-state index is 6.55. The molecule has 0 atom stereocenters. The number of thiophene rings is 1. The molecule has 0 saturated carbocycles. The zero-order valence-corrected chi connectivity index (χ0v) is 31.2. The van der Waals surface area contributed by atoms with Crippen LogP contribution in [0.2, 0.25) is 0 Å². The lowest BCUT2D eigenvalue weighted by atomic mass is 9.99. The summed E-state index contributed by atoms with van der Waals surface area (Å²) in [5.41, 5.74) is 10.1. The fourth-order valence-electron chi connectivity index (χ4n) is 8.40. The Morgan fingerprint density at radius 3 is 1.88 bits per heavy atom. The van der Waals surface area contributed by atoms with Crippen LogP contribution in [-0.4, -0.2) is 19.5 Å². The summed E-state index contributed by atoms with van der Waals surface area (Å²) in [5, 5.41) is 6.92. The molecule has 0 radical (unpaired) electrons. The quantitative estimate of drug-likeness (QED) is 0.176. The van der Waals surface area contributed by atoms with Gasteiger partial charge in [0.2, 0.25) is 5.95 Å². The monoisotopic (exact) mass is 746 g/mol. The Kier molecular flexibility index (Phi) is 7.03. The molecule has 57 heavy (non-hydrogen) atoms. The number of hydrogen-bond donors (Lipinski definition) is 0. The van der Waals surface area contributed by atoms with Gasteiger partial charge in [0.25, 0.3) is 0 Å². The van der Waals surface area contributed by atoms with Gasteiger partial charge in [0.1, 0.15) is 11.2 Å². The lowest BCUT2D eigenvalue weighted by Gasteiger charge is -2.11. The molecule has 12 aromatic rings. The van der Waals surface area contributed by atoms with Crippen molar-refractivity contribution in [3.63, 3.8) is 0 Å². The first kappa shape index (κ1) is 31.9. The van der Waals surface area contributed by atoms with Gasteiger partial charge in [-0.05, 0) is 70.8 Å². The van der Waals surface area contributed by atoms with Gasteiger partial charge in [-0.25, -0.2) is 4.98 Å². The molecule has 0 amide bonds. The third-order valence-electron chi connectivity index (χ3n) is 11.1. The smallest absolute Gasteiger partial charge is 0.238 e. The molecule has 0 fully saturated rings. The van der Waals surface area contributed by atoms with Gasteiger partial charge in [-0.3, -0.25) is 4.57 Å². The molecule has 4 heterocycles. The maximum Gasteiger partial charge on any atom is 0.238 e. The fraction of sp³-hybridized carbons (Fsp3) is 0. The van der Waals surface area contributed by atoms with E-state index in [2.05, 4.69) is 156 Å². The first-order valence-electron chi connectivity index (χ1n) is 19.0. The maximum atomic E-state index is 6.55. The number of nitrogens with zero attached hydrogens (tertiary/aromatic N) is 4. The lowest BCUT2D eigenvalue weighted by Crippen LogP contribution is -2.06. The minimum absolute atomic E-state index is 0.557. The highest BCUT2D eigenvalue weighted by Gasteiger charge is 2.21. The lowest BCUT2D eigenvalue weighted by molar-refractivity contribution is 0.669. The van der Waals surface area contributed by atoms with Crippen LogP contribution < -0.4 is 0 Å². The van der Waals surface area contributed by atoms with Crippen molar-refractivity contribution >= 4 is 75.3 Å². The molecule has 0 saturated heterocycles. The van der Waals surface area contributed by atoms with Crippen molar-refractivity contribution < 1.29 is 4.42 Å². The third-order valence-corrected chi connectivity index (χ3v) is 12.2. The molecular weight excluding hydrogens is 717 g/mol. The second-order valence-corrected chi connectivity index (χ2v) is 15.5. The van der Waals surface area contributed by atoms with Crippen molar-refractivity contribution in [2.75, 3.05) is 0 Å². The summed E-state index contributed by atoms with van der Waals surface area (Å²) in [4.78, 5) is 15.7. The Morgan fingerprint density at radius 2 is 1.07 bits per heavy atom.